The molecule has 0 radical (unpaired) electrons. The van der Waals surface area contributed by atoms with E-state index in [1.54, 1.807) is 35.7 Å². The van der Waals surface area contributed by atoms with Crippen LogP contribution >= 0.6 is 8.95 Å². The van der Waals surface area contributed by atoms with E-state index in [4.69, 9.17) is 5.73 Å². The number of benzene rings is 4. The first-order valence-corrected chi connectivity index (χ1v) is 20.5. The summed E-state index contributed by atoms with van der Waals surface area (Å²) in [5.74, 6) is 0. The van der Waals surface area contributed by atoms with Gasteiger partial charge in [-0.3, -0.25) is 0 Å². The zero-order valence-corrected chi connectivity index (χ0v) is 22.9. The van der Waals surface area contributed by atoms with E-state index < -0.39 is 27.3 Å². The van der Waals surface area contributed by atoms with E-state index in [9.17, 15) is 8.42 Å². The summed E-state index contributed by atoms with van der Waals surface area (Å²) in [6.07, 6.45) is 0. The minimum absolute atomic E-state index is 0.155. The Morgan fingerprint density at radius 1 is 0.727 bits per heavy atom. The van der Waals surface area contributed by atoms with Crippen molar-refractivity contribution in [3.05, 3.63) is 108 Å². The van der Waals surface area contributed by atoms with E-state index in [-0.39, 0.29) is 10.6 Å². The van der Waals surface area contributed by atoms with Crippen LogP contribution in [0.2, 0.25) is 0 Å². The minimum atomic E-state index is -4.16. The maximum atomic E-state index is 14.4. The van der Waals surface area contributed by atoms with Crippen molar-refractivity contribution in [2.75, 3.05) is 8.26 Å². The predicted octanol–water partition coefficient (Wildman–Crippen LogP) is 4.44. The van der Waals surface area contributed by atoms with E-state index >= 15 is 0 Å². The van der Waals surface area contributed by atoms with E-state index in [1.807, 2.05) is 38.1 Å². The Bertz CT molecular complexity index is 1390. The van der Waals surface area contributed by atoms with Crippen LogP contribution in [0.4, 0.5) is 11.4 Å². The zero-order chi connectivity index (χ0) is 23.2. The SMILES string of the molecule is Cc1cc[c]([Sn]2([c]3ccc(C)cc3)[S]c3ccccc3[N]2S(=O)(=O)c2ccccc2N)cc1. The molecule has 0 saturated carbocycles. The van der Waals surface area contributed by atoms with Crippen molar-refractivity contribution in [2.45, 2.75) is 23.6 Å². The number of hydrogen-bond donors (Lipinski definition) is 1. The molecule has 7 heteroatoms. The Morgan fingerprint density at radius 3 is 1.82 bits per heavy atom. The number of anilines is 2. The van der Waals surface area contributed by atoms with Gasteiger partial charge in [-0.15, -0.1) is 0 Å². The van der Waals surface area contributed by atoms with E-state index in [0.717, 1.165) is 28.9 Å². The quantitative estimate of drug-likeness (QED) is 0.287. The number of sulfonamides is 1. The molecule has 0 unspecified atom stereocenters. The molecule has 2 N–H and O–H groups in total. The fourth-order valence-corrected chi connectivity index (χ4v) is 31.8. The number of nitrogens with two attached hydrogens (primary N) is 1. The van der Waals surface area contributed by atoms with Gasteiger partial charge in [0, 0.05) is 0 Å². The van der Waals surface area contributed by atoms with Crippen molar-refractivity contribution in [3.63, 3.8) is 0 Å². The van der Waals surface area contributed by atoms with Crippen molar-refractivity contribution < 1.29 is 8.42 Å². The summed E-state index contributed by atoms with van der Waals surface area (Å²) in [6.45, 7) is 4.10. The Labute approximate surface area is 202 Å². The van der Waals surface area contributed by atoms with Crippen LogP contribution in [-0.4, -0.2) is 25.7 Å². The molecule has 1 heterocycles. The molecule has 0 aliphatic carbocycles. The molecule has 0 fully saturated rings. The fourth-order valence-electron chi connectivity index (χ4n) is 4.27. The molecule has 1 aliphatic heterocycles. The summed E-state index contributed by atoms with van der Waals surface area (Å²) in [5, 5.41) is 0. The molecule has 0 saturated heterocycles. The third-order valence-corrected chi connectivity index (χ3v) is 30.6. The molecule has 5 rings (SSSR count). The monoisotopic (exact) mass is 580 g/mol. The molecule has 4 nitrogen and oxygen atoms in total. The van der Waals surface area contributed by atoms with Crippen LogP contribution in [0.5, 0.6) is 0 Å². The molecule has 1 aliphatic rings. The number of para-hydroxylation sites is 2. The summed E-state index contributed by atoms with van der Waals surface area (Å²) in [5.41, 5.74) is 9.50. The van der Waals surface area contributed by atoms with Gasteiger partial charge in [-0.05, 0) is 0 Å². The first-order chi connectivity index (χ1) is 15.8. The zero-order valence-electron chi connectivity index (χ0n) is 18.4. The first-order valence-electron chi connectivity index (χ1n) is 10.7. The van der Waals surface area contributed by atoms with Gasteiger partial charge >= 0.3 is 203 Å². The molecule has 0 amide bonds. The van der Waals surface area contributed by atoms with Crippen molar-refractivity contribution in [3.8, 4) is 0 Å². The van der Waals surface area contributed by atoms with Gasteiger partial charge in [0.05, 0.1) is 0 Å². The van der Waals surface area contributed by atoms with Crippen molar-refractivity contribution in [1.29, 1.82) is 0 Å². The molecule has 0 aromatic heterocycles. The molecule has 4 aromatic rings. The fraction of sp³-hybridized carbons (Fsp3) is 0.0769. The molecule has 33 heavy (non-hydrogen) atoms. The van der Waals surface area contributed by atoms with Gasteiger partial charge in [0.2, 0.25) is 0 Å². The molecular formula is C26H24N2O2S2Sn. The number of aryl methyl sites for hydroxylation is 2. The number of nitrogen functional groups attached to an aromatic ring is 1. The molecule has 166 valence electrons. The topological polar surface area (TPSA) is 63.4 Å². The second kappa shape index (κ2) is 8.42. The third-order valence-electron chi connectivity index (χ3n) is 5.95. The number of hydrogen-bond acceptors (Lipinski definition) is 4. The summed E-state index contributed by atoms with van der Waals surface area (Å²) < 4.78 is 32.8. The molecule has 0 spiro atoms. The van der Waals surface area contributed by atoms with Gasteiger partial charge in [-0.2, -0.15) is 0 Å². The average molecular weight is 579 g/mol. The Morgan fingerprint density at radius 2 is 1.24 bits per heavy atom. The van der Waals surface area contributed by atoms with E-state index in [0.29, 0.717) is 0 Å². The third kappa shape index (κ3) is 3.64. The molecule has 0 atom stereocenters. The summed E-state index contributed by atoms with van der Waals surface area (Å²) in [7, 11) is -2.17. The van der Waals surface area contributed by atoms with Gasteiger partial charge < -0.3 is 0 Å². The summed E-state index contributed by atoms with van der Waals surface area (Å²) in [6, 6.07) is 31.3. The van der Waals surface area contributed by atoms with Gasteiger partial charge in [-0.25, -0.2) is 0 Å². The van der Waals surface area contributed by atoms with Crippen molar-refractivity contribution in [1.82, 2.24) is 0 Å². The number of fused-ring (bicyclic) bond motifs is 1. The second-order valence-corrected chi connectivity index (χ2v) is 25.5. The van der Waals surface area contributed by atoms with Crippen LogP contribution in [0.25, 0.3) is 0 Å². The van der Waals surface area contributed by atoms with Crippen LogP contribution in [-0.2, 0) is 10.0 Å². The predicted molar refractivity (Wildman–Crippen MR) is 140 cm³/mol. The maximum absolute atomic E-state index is 14.4. The van der Waals surface area contributed by atoms with Crippen molar-refractivity contribution >= 4 is 54.8 Å². The first kappa shape index (κ1) is 22.4. The van der Waals surface area contributed by atoms with Crippen LogP contribution < -0.4 is 15.4 Å². The number of nitrogens with zero attached hydrogens (tertiary/aromatic N) is 1. The van der Waals surface area contributed by atoms with Gasteiger partial charge in [0.1, 0.15) is 0 Å². The van der Waals surface area contributed by atoms with Crippen LogP contribution in [0.3, 0.4) is 0 Å². The summed E-state index contributed by atoms with van der Waals surface area (Å²) in [4.78, 5) is 1.15. The van der Waals surface area contributed by atoms with E-state index in [2.05, 4.69) is 48.5 Å². The Kier molecular flexibility index (Phi) is 5.71. The molecule has 4 aromatic carbocycles. The van der Waals surface area contributed by atoms with Crippen LogP contribution in [0.1, 0.15) is 11.1 Å². The van der Waals surface area contributed by atoms with Crippen molar-refractivity contribution in [2.24, 2.45) is 0 Å². The van der Waals surface area contributed by atoms with Crippen LogP contribution in [0, 0.1) is 13.8 Å². The Balaban J connectivity index is 1.87. The number of rotatable bonds is 4. The molecular weight excluding hydrogens is 555 g/mol. The normalized spacial score (nSPS) is 14.8. The summed E-state index contributed by atoms with van der Waals surface area (Å²) >= 11 is -4.16. The van der Waals surface area contributed by atoms with Gasteiger partial charge in [0.25, 0.3) is 0 Å². The van der Waals surface area contributed by atoms with E-state index in [1.165, 1.54) is 0 Å². The van der Waals surface area contributed by atoms with Gasteiger partial charge in [0.15, 0.2) is 0 Å². The average Bonchev–Trinajstić information content (AvgIpc) is 3.17. The molecule has 0 bridgehead atoms. The standard InChI is InChI=1S/C12H11N2O2S2.2C7H7.Sn/c13-9-5-1-4-8-12(9)18(15,16)14-10-6-2-3-7-11(10)17;2*1-7-5-3-2-4-6-7;/h1-8,17H,13H2;2*3-6H,1H3;/q-1;;;+2/p-1. The Hall–Kier alpha value is -2.42. The van der Waals surface area contributed by atoms with Crippen LogP contribution in [0.15, 0.2) is 107 Å². The van der Waals surface area contributed by atoms with Gasteiger partial charge in [-0.1, -0.05) is 0 Å². The second-order valence-electron chi connectivity index (χ2n) is 8.25.